The largest absolute Gasteiger partial charge is 0.378 e. The summed E-state index contributed by atoms with van der Waals surface area (Å²) in [7, 11) is 1.78. The van der Waals surface area contributed by atoms with Crippen LogP contribution in [0.2, 0.25) is 0 Å². The highest BCUT2D eigenvalue weighted by atomic mass is 16.5. The third-order valence-electron chi connectivity index (χ3n) is 6.17. The van der Waals surface area contributed by atoms with Crippen molar-refractivity contribution in [3.63, 3.8) is 0 Å². The van der Waals surface area contributed by atoms with Crippen molar-refractivity contribution in [2.75, 3.05) is 57.9 Å². The summed E-state index contributed by atoms with van der Waals surface area (Å²) in [6.07, 6.45) is 1.05. The third-order valence-corrected chi connectivity index (χ3v) is 6.17. The number of guanidine groups is 1. The number of nitrogens with one attached hydrogen (secondary N) is 2. The van der Waals surface area contributed by atoms with Crippen molar-refractivity contribution in [1.29, 1.82) is 0 Å². The van der Waals surface area contributed by atoms with E-state index in [-0.39, 0.29) is 11.8 Å². The van der Waals surface area contributed by atoms with E-state index >= 15 is 0 Å². The predicted molar refractivity (Wildman–Crippen MR) is 128 cm³/mol. The van der Waals surface area contributed by atoms with Crippen molar-refractivity contribution >= 4 is 17.6 Å². The lowest BCUT2D eigenvalue weighted by atomic mass is 9.97. The smallest absolute Gasteiger partial charge is 0.232 e. The molecule has 0 saturated carbocycles. The van der Waals surface area contributed by atoms with E-state index in [2.05, 4.69) is 44.8 Å². The fourth-order valence-corrected chi connectivity index (χ4v) is 4.38. The van der Waals surface area contributed by atoms with E-state index < -0.39 is 0 Å². The van der Waals surface area contributed by atoms with E-state index in [0.29, 0.717) is 38.9 Å². The predicted octanol–water partition coefficient (Wildman–Crippen LogP) is 2.07. The number of aliphatic imine (C=N–C) groups is 1. The van der Waals surface area contributed by atoms with Gasteiger partial charge in [-0.05, 0) is 24.1 Å². The van der Waals surface area contributed by atoms with Crippen molar-refractivity contribution in [2.24, 2.45) is 4.99 Å². The summed E-state index contributed by atoms with van der Waals surface area (Å²) in [6.45, 7) is 4.93. The fraction of sp³-hybridized carbons (Fsp3) is 0.440. The number of para-hydroxylation sites is 1. The number of anilines is 1. The molecule has 2 fully saturated rings. The van der Waals surface area contributed by atoms with Gasteiger partial charge in [-0.3, -0.25) is 9.79 Å². The molecular weight excluding hydrogens is 402 g/mol. The third kappa shape index (κ3) is 5.59. The summed E-state index contributed by atoms with van der Waals surface area (Å²) < 4.78 is 5.42. The second kappa shape index (κ2) is 11.0. The van der Waals surface area contributed by atoms with Crippen LogP contribution in [-0.4, -0.2) is 75.8 Å². The van der Waals surface area contributed by atoms with Crippen LogP contribution in [0.3, 0.4) is 0 Å². The van der Waals surface area contributed by atoms with Gasteiger partial charge in [-0.15, -0.1) is 0 Å². The molecule has 170 valence electrons. The number of nitrogens with zero attached hydrogens (tertiary/aromatic N) is 3. The molecule has 2 aliphatic rings. The van der Waals surface area contributed by atoms with Crippen LogP contribution in [0.4, 0.5) is 5.69 Å². The lowest BCUT2D eigenvalue weighted by Gasteiger charge is -2.31. The van der Waals surface area contributed by atoms with Crippen LogP contribution >= 0.6 is 0 Å². The van der Waals surface area contributed by atoms with Crippen LogP contribution in [-0.2, 0) is 9.53 Å². The maximum absolute atomic E-state index is 13.3. The van der Waals surface area contributed by atoms with Gasteiger partial charge in [0.15, 0.2) is 5.96 Å². The quantitative estimate of drug-likeness (QED) is 0.537. The van der Waals surface area contributed by atoms with Crippen molar-refractivity contribution in [3.05, 3.63) is 66.2 Å². The highest BCUT2D eigenvalue weighted by Crippen LogP contribution is 2.21. The lowest BCUT2D eigenvalue weighted by molar-refractivity contribution is -0.136. The van der Waals surface area contributed by atoms with Crippen molar-refractivity contribution in [2.45, 2.75) is 18.4 Å². The second-order valence-electron chi connectivity index (χ2n) is 8.27. The molecule has 0 radical (unpaired) electrons. The topological polar surface area (TPSA) is 69.2 Å². The van der Waals surface area contributed by atoms with Gasteiger partial charge in [0.25, 0.3) is 0 Å². The zero-order valence-electron chi connectivity index (χ0n) is 18.7. The lowest BCUT2D eigenvalue weighted by Crippen LogP contribution is -2.49. The molecule has 2 aliphatic heterocycles. The Labute approximate surface area is 190 Å². The molecule has 2 aromatic rings. The molecule has 7 nitrogen and oxygen atoms in total. The maximum Gasteiger partial charge on any atom is 0.232 e. The molecule has 2 saturated heterocycles. The van der Waals surface area contributed by atoms with Gasteiger partial charge in [0.1, 0.15) is 0 Å². The van der Waals surface area contributed by atoms with Crippen LogP contribution in [0.25, 0.3) is 0 Å². The number of morpholine rings is 1. The minimum absolute atomic E-state index is 0.138. The highest BCUT2D eigenvalue weighted by Gasteiger charge is 2.28. The average Bonchev–Trinajstić information content (AvgIpc) is 3.33. The number of carbonyl (C=O) groups excluding carboxylic acids is 1. The number of rotatable bonds is 6. The first-order chi connectivity index (χ1) is 15.7. The Hall–Kier alpha value is -3.06. The summed E-state index contributed by atoms with van der Waals surface area (Å²) in [5.74, 6) is 0.608. The molecule has 2 unspecified atom stereocenters. The molecule has 7 heteroatoms. The van der Waals surface area contributed by atoms with E-state index in [0.717, 1.165) is 31.0 Å². The Kier molecular flexibility index (Phi) is 7.61. The van der Waals surface area contributed by atoms with E-state index in [1.807, 2.05) is 41.3 Å². The van der Waals surface area contributed by atoms with Crippen LogP contribution in [0.5, 0.6) is 0 Å². The van der Waals surface area contributed by atoms with Crippen LogP contribution < -0.4 is 15.5 Å². The summed E-state index contributed by atoms with van der Waals surface area (Å²) >= 11 is 0. The minimum atomic E-state index is -0.266. The summed E-state index contributed by atoms with van der Waals surface area (Å²) in [5.41, 5.74) is 2.27. The highest BCUT2D eigenvalue weighted by molar-refractivity contribution is 5.86. The molecule has 32 heavy (non-hydrogen) atoms. The number of hydrogen-bond donors (Lipinski definition) is 2. The first-order valence-electron chi connectivity index (χ1n) is 11.4. The molecule has 2 N–H and O–H groups in total. The number of carbonyl (C=O) groups is 1. The standard InChI is InChI=1S/C25H33N5O2/c1-26-25(28-21-12-13-30(19-21)22-10-6-3-7-11-22)27-18-23(20-8-4-2-5-9-20)24(31)29-14-16-32-17-15-29/h2-11,21,23H,12-19H2,1H3,(H2,26,27,28). The summed E-state index contributed by atoms with van der Waals surface area (Å²) in [6, 6.07) is 20.8. The monoisotopic (exact) mass is 435 g/mol. The first-order valence-corrected chi connectivity index (χ1v) is 11.4. The number of amides is 1. The van der Waals surface area contributed by atoms with Crippen molar-refractivity contribution in [1.82, 2.24) is 15.5 Å². The Morgan fingerprint density at radius 1 is 1.06 bits per heavy atom. The van der Waals surface area contributed by atoms with Gasteiger partial charge in [0.05, 0.1) is 19.1 Å². The van der Waals surface area contributed by atoms with Crippen molar-refractivity contribution in [3.8, 4) is 0 Å². The second-order valence-corrected chi connectivity index (χ2v) is 8.27. The molecule has 0 aliphatic carbocycles. The van der Waals surface area contributed by atoms with E-state index in [4.69, 9.17) is 4.74 Å². The summed E-state index contributed by atoms with van der Waals surface area (Å²) in [4.78, 5) is 22.0. The van der Waals surface area contributed by atoms with Gasteiger partial charge in [0.2, 0.25) is 5.91 Å². The normalized spacial score (nSPS) is 20.2. The molecule has 2 aromatic carbocycles. The molecule has 2 heterocycles. The van der Waals surface area contributed by atoms with Gasteiger partial charge >= 0.3 is 0 Å². The van der Waals surface area contributed by atoms with Crippen LogP contribution in [0.15, 0.2) is 65.7 Å². The van der Waals surface area contributed by atoms with E-state index in [1.165, 1.54) is 5.69 Å². The summed E-state index contributed by atoms with van der Waals surface area (Å²) in [5, 5.41) is 6.95. The molecule has 0 spiro atoms. The van der Waals surface area contributed by atoms with Crippen LogP contribution in [0.1, 0.15) is 17.9 Å². The molecule has 0 bridgehead atoms. The van der Waals surface area contributed by atoms with Gasteiger partial charge < -0.3 is 25.2 Å². The Morgan fingerprint density at radius 3 is 2.44 bits per heavy atom. The Bertz CT molecular complexity index is 884. The zero-order chi connectivity index (χ0) is 22.2. The van der Waals surface area contributed by atoms with Gasteiger partial charge in [-0.25, -0.2) is 0 Å². The first kappa shape index (κ1) is 22.1. The van der Waals surface area contributed by atoms with E-state index in [9.17, 15) is 4.79 Å². The number of benzene rings is 2. The van der Waals surface area contributed by atoms with Crippen molar-refractivity contribution < 1.29 is 9.53 Å². The zero-order valence-corrected chi connectivity index (χ0v) is 18.7. The maximum atomic E-state index is 13.3. The average molecular weight is 436 g/mol. The number of hydrogen-bond acceptors (Lipinski definition) is 4. The van der Waals surface area contributed by atoms with Gasteiger partial charge in [0, 0.05) is 51.5 Å². The molecule has 0 aromatic heterocycles. The van der Waals surface area contributed by atoms with Gasteiger partial charge in [-0.1, -0.05) is 48.5 Å². The molecular formula is C25H33N5O2. The van der Waals surface area contributed by atoms with E-state index in [1.54, 1.807) is 7.05 Å². The number of ether oxygens (including phenoxy) is 1. The van der Waals surface area contributed by atoms with Gasteiger partial charge in [-0.2, -0.15) is 0 Å². The SMILES string of the molecule is CN=C(NCC(C(=O)N1CCOCC1)c1ccccc1)NC1CCN(c2ccccc2)C1. The molecule has 2 atom stereocenters. The Morgan fingerprint density at radius 2 is 1.75 bits per heavy atom. The van der Waals surface area contributed by atoms with Crippen LogP contribution in [0, 0.1) is 0 Å². The molecule has 4 rings (SSSR count). The minimum Gasteiger partial charge on any atom is -0.378 e. The fourth-order valence-electron chi connectivity index (χ4n) is 4.38. The Balaban J connectivity index is 1.36. The molecule has 1 amide bonds.